The zero-order chi connectivity index (χ0) is 12.4. The van der Waals surface area contributed by atoms with Crippen molar-refractivity contribution < 1.29 is 0 Å². The lowest BCUT2D eigenvalue weighted by atomic mass is 10.1. The van der Waals surface area contributed by atoms with Crippen molar-refractivity contribution in [1.82, 2.24) is 4.90 Å². The Labute approximate surface area is 126 Å². The first-order chi connectivity index (χ1) is 8.88. The maximum absolute atomic E-state index is 4.98. The van der Waals surface area contributed by atoms with Crippen molar-refractivity contribution in [2.24, 2.45) is 4.99 Å². The fourth-order valence-electron chi connectivity index (χ4n) is 2.75. The van der Waals surface area contributed by atoms with E-state index in [2.05, 4.69) is 53.9 Å². The third-order valence-corrected chi connectivity index (χ3v) is 5.15. The average molecular weight is 297 g/mol. The first kappa shape index (κ1) is 14.7. The molecule has 0 amide bonds. The Hall–Kier alpha value is -0.670. The third-order valence-electron chi connectivity index (χ3n) is 3.66. The smallest absolute Gasteiger partial charge is 0.113 e. The third kappa shape index (κ3) is 3.09. The minimum Gasteiger partial charge on any atom is -0.357 e. The lowest BCUT2D eigenvalue weighted by molar-refractivity contribution is 0.454. The van der Waals surface area contributed by atoms with Crippen LogP contribution in [0.2, 0.25) is 0 Å². The first-order valence-corrected chi connectivity index (χ1v) is 7.92. The first-order valence-electron chi connectivity index (χ1n) is 6.87. The van der Waals surface area contributed by atoms with Crippen LogP contribution in [-0.4, -0.2) is 34.8 Å². The summed E-state index contributed by atoms with van der Waals surface area (Å²) in [4.78, 5) is 7.47. The van der Waals surface area contributed by atoms with Crippen LogP contribution < -0.4 is 0 Å². The van der Waals surface area contributed by atoms with E-state index in [9.17, 15) is 0 Å². The van der Waals surface area contributed by atoms with Gasteiger partial charge in [0.15, 0.2) is 0 Å². The standard InChI is InChI=1S/C15H20N2S.ClH/c1-2-10-18-14-8-9-17-11-13(16-15(14)17)12-6-4-3-5-7-12;/h3-7,13-14H,2,8-11H2,1H3;1H. The number of nitrogens with zero attached hydrogens (tertiary/aromatic N) is 2. The average Bonchev–Trinajstić information content (AvgIpc) is 2.98. The van der Waals surface area contributed by atoms with Gasteiger partial charge in [-0.25, -0.2) is 0 Å². The van der Waals surface area contributed by atoms with Crippen LogP contribution in [-0.2, 0) is 0 Å². The summed E-state index contributed by atoms with van der Waals surface area (Å²) in [6.45, 7) is 4.54. The molecule has 2 nitrogen and oxygen atoms in total. The zero-order valence-electron chi connectivity index (χ0n) is 11.3. The number of hydrogen-bond acceptors (Lipinski definition) is 3. The van der Waals surface area contributed by atoms with E-state index in [4.69, 9.17) is 4.99 Å². The van der Waals surface area contributed by atoms with Crippen molar-refractivity contribution in [1.29, 1.82) is 0 Å². The molecular formula is C15H21ClN2S. The molecule has 2 unspecified atom stereocenters. The van der Waals surface area contributed by atoms with E-state index >= 15 is 0 Å². The summed E-state index contributed by atoms with van der Waals surface area (Å²) in [7, 11) is 0. The van der Waals surface area contributed by atoms with E-state index in [1.54, 1.807) is 0 Å². The molecule has 3 rings (SSSR count). The lowest BCUT2D eigenvalue weighted by Gasteiger charge is -2.13. The van der Waals surface area contributed by atoms with Gasteiger partial charge in [-0.1, -0.05) is 37.3 Å². The molecule has 0 N–H and O–H groups in total. The molecule has 0 aromatic heterocycles. The molecule has 104 valence electrons. The van der Waals surface area contributed by atoms with Gasteiger partial charge in [-0.15, -0.1) is 12.4 Å². The number of benzene rings is 1. The van der Waals surface area contributed by atoms with Gasteiger partial charge in [-0.2, -0.15) is 11.8 Å². The molecule has 1 aromatic rings. The molecule has 2 aliphatic rings. The number of aliphatic imine (C=N–C) groups is 1. The normalized spacial score (nSPS) is 24.9. The molecular weight excluding hydrogens is 276 g/mol. The molecule has 2 aliphatic heterocycles. The lowest BCUT2D eigenvalue weighted by Crippen LogP contribution is -2.25. The van der Waals surface area contributed by atoms with E-state index in [0.717, 1.165) is 6.54 Å². The molecule has 2 atom stereocenters. The van der Waals surface area contributed by atoms with Crippen molar-refractivity contribution in [3.8, 4) is 0 Å². The van der Waals surface area contributed by atoms with Crippen LogP contribution in [0.15, 0.2) is 35.3 Å². The second-order valence-electron chi connectivity index (χ2n) is 5.01. The maximum Gasteiger partial charge on any atom is 0.113 e. The highest BCUT2D eigenvalue weighted by molar-refractivity contribution is 8.00. The molecule has 0 bridgehead atoms. The maximum atomic E-state index is 4.98. The van der Waals surface area contributed by atoms with E-state index in [1.807, 2.05) is 0 Å². The van der Waals surface area contributed by atoms with Gasteiger partial charge in [0.1, 0.15) is 5.84 Å². The van der Waals surface area contributed by atoms with E-state index in [-0.39, 0.29) is 12.4 Å². The quantitative estimate of drug-likeness (QED) is 0.840. The molecule has 0 saturated carbocycles. The molecule has 0 radical (unpaired) electrons. The van der Waals surface area contributed by atoms with Crippen molar-refractivity contribution in [3.05, 3.63) is 35.9 Å². The Morgan fingerprint density at radius 1 is 1.32 bits per heavy atom. The van der Waals surface area contributed by atoms with E-state index in [0.29, 0.717) is 11.3 Å². The topological polar surface area (TPSA) is 15.6 Å². The van der Waals surface area contributed by atoms with Crippen molar-refractivity contribution in [2.75, 3.05) is 18.8 Å². The summed E-state index contributed by atoms with van der Waals surface area (Å²) in [5.74, 6) is 2.62. The highest BCUT2D eigenvalue weighted by Crippen LogP contribution is 2.34. The number of thioether (sulfide) groups is 1. The van der Waals surface area contributed by atoms with Gasteiger partial charge in [0, 0.05) is 13.1 Å². The van der Waals surface area contributed by atoms with Crippen molar-refractivity contribution in [3.63, 3.8) is 0 Å². The van der Waals surface area contributed by atoms with Gasteiger partial charge in [0.25, 0.3) is 0 Å². The Kier molecular flexibility index (Phi) is 5.17. The molecule has 19 heavy (non-hydrogen) atoms. The fraction of sp³-hybridized carbons (Fsp3) is 0.533. The number of halogens is 1. The Bertz CT molecular complexity index is 435. The number of hydrogen-bond donors (Lipinski definition) is 0. The van der Waals surface area contributed by atoms with Gasteiger partial charge in [0.05, 0.1) is 11.3 Å². The minimum atomic E-state index is 0. The second kappa shape index (κ2) is 6.67. The van der Waals surface area contributed by atoms with Crippen molar-refractivity contribution in [2.45, 2.75) is 31.1 Å². The van der Waals surface area contributed by atoms with Crippen LogP contribution in [0.1, 0.15) is 31.4 Å². The van der Waals surface area contributed by atoms with Gasteiger partial charge in [-0.3, -0.25) is 4.99 Å². The van der Waals surface area contributed by atoms with E-state index < -0.39 is 0 Å². The SMILES string of the molecule is CCCSC1CCN2CC(c3ccccc3)N=C12.Cl. The largest absolute Gasteiger partial charge is 0.357 e. The Morgan fingerprint density at radius 2 is 2.11 bits per heavy atom. The monoisotopic (exact) mass is 296 g/mol. The molecule has 1 aromatic carbocycles. The molecule has 2 heterocycles. The summed E-state index contributed by atoms with van der Waals surface area (Å²) >= 11 is 2.09. The summed E-state index contributed by atoms with van der Waals surface area (Å²) in [6, 6.07) is 11.1. The minimum absolute atomic E-state index is 0. The number of amidine groups is 1. The van der Waals surface area contributed by atoms with Gasteiger partial charge < -0.3 is 4.90 Å². The van der Waals surface area contributed by atoms with Crippen LogP contribution in [0.4, 0.5) is 0 Å². The van der Waals surface area contributed by atoms with Gasteiger partial charge in [0.2, 0.25) is 0 Å². The fourth-order valence-corrected chi connectivity index (χ4v) is 3.90. The molecule has 1 fully saturated rings. The Balaban J connectivity index is 0.00000133. The predicted octanol–water partition coefficient (Wildman–Crippen LogP) is 3.78. The summed E-state index contributed by atoms with van der Waals surface area (Å²) in [5, 5.41) is 0.652. The number of rotatable bonds is 4. The molecule has 0 spiro atoms. The molecule has 4 heteroatoms. The van der Waals surface area contributed by atoms with E-state index in [1.165, 1.54) is 36.5 Å². The summed E-state index contributed by atoms with van der Waals surface area (Å²) in [6.07, 6.45) is 2.54. The van der Waals surface area contributed by atoms with Gasteiger partial charge in [-0.05, 0) is 24.2 Å². The van der Waals surface area contributed by atoms with Crippen LogP contribution in [0.3, 0.4) is 0 Å². The summed E-state index contributed by atoms with van der Waals surface area (Å²) in [5.41, 5.74) is 1.36. The second-order valence-corrected chi connectivity index (χ2v) is 6.32. The Morgan fingerprint density at radius 3 is 2.84 bits per heavy atom. The molecule has 1 saturated heterocycles. The van der Waals surface area contributed by atoms with Crippen molar-refractivity contribution >= 4 is 30.0 Å². The van der Waals surface area contributed by atoms with Gasteiger partial charge >= 0.3 is 0 Å². The predicted molar refractivity (Wildman–Crippen MR) is 86.6 cm³/mol. The number of fused-ring (bicyclic) bond motifs is 1. The summed E-state index contributed by atoms with van der Waals surface area (Å²) < 4.78 is 0. The van der Waals surface area contributed by atoms with Crippen LogP contribution in [0.25, 0.3) is 0 Å². The highest BCUT2D eigenvalue weighted by atomic mass is 35.5. The van der Waals surface area contributed by atoms with Crippen LogP contribution in [0, 0.1) is 0 Å². The highest BCUT2D eigenvalue weighted by Gasteiger charge is 2.36. The molecule has 0 aliphatic carbocycles. The van der Waals surface area contributed by atoms with Crippen LogP contribution in [0.5, 0.6) is 0 Å². The zero-order valence-corrected chi connectivity index (χ0v) is 12.9. The van der Waals surface area contributed by atoms with Crippen LogP contribution >= 0.6 is 24.2 Å².